The normalized spacial score (nSPS) is 29.5. The summed E-state index contributed by atoms with van der Waals surface area (Å²) in [4.78, 5) is 11.2. The van der Waals surface area contributed by atoms with E-state index in [2.05, 4.69) is 10.6 Å². The van der Waals surface area contributed by atoms with Crippen LogP contribution in [0.15, 0.2) is 0 Å². The molecule has 1 saturated heterocycles. The van der Waals surface area contributed by atoms with E-state index in [1.807, 2.05) is 0 Å². The molecule has 1 saturated carbocycles. The first kappa shape index (κ1) is 12.2. The van der Waals surface area contributed by atoms with E-state index in [0.717, 1.165) is 37.7 Å². The zero-order valence-electron chi connectivity index (χ0n) is 9.50. The van der Waals surface area contributed by atoms with Crippen molar-refractivity contribution < 1.29 is 9.90 Å². The average molecular weight is 244 g/mol. The summed E-state index contributed by atoms with van der Waals surface area (Å²) < 4.78 is 0. The molecule has 3 N–H and O–H groups in total. The largest absolute Gasteiger partial charge is 0.480 e. The van der Waals surface area contributed by atoms with Crippen molar-refractivity contribution in [1.29, 1.82) is 0 Å². The maximum Gasteiger partial charge on any atom is 0.324 e. The van der Waals surface area contributed by atoms with E-state index < -0.39 is 11.5 Å². The summed E-state index contributed by atoms with van der Waals surface area (Å²) in [6, 6.07) is 0.746. The summed E-state index contributed by atoms with van der Waals surface area (Å²) in [6.45, 7) is 1.80. The number of thioether (sulfide) groups is 1. The van der Waals surface area contributed by atoms with Gasteiger partial charge in [0.05, 0.1) is 0 Å². The second-order valence-electron chi connectivity index (χ2n) is 4.70. The molecule has 0 spiro atoms. The van der Waals surface area contributed by atoms with Gasteiger partial charge in [0.1, 0.15) is 5.54 Å². The van der Waals surface area contributed by atoms with Gasteiger partial charge in [-0.05, 0) is 44.5 Å². The molecule has 92 valence electrons. The van der Waals surface area contributed by atoms with Crippen molar-refractivity contribution in [1.82, 2.24) is 10.6 Å². The van der Waals surface area contributed by atoms with Gasteiger partial charge in [0.15, 0.2) is 0 Å². The first-order valence-corrected chi connectivity index (χ1v) is 7.18. The van der Waals surface area contributed by atoms with Crippen LogP contribution in [0, 0.1) is 0 Å². The number of carbonyl (C=O) groups is 1. The van der Waals surface area contributed by atoms with Gasteiger partial charge in [-0.3, -0.25) is 4.79 Å². The Labute approximate surface area is 101 Å². The highest BCUT2D eigenvalue weighted by Crippen LogP contribution is 2.28. The zero-order valence-corrected chi connectivity index (χ0v) is 10.3. The predicted octanol–water partition coefficient (Wildman–Crippen LogP) is 0.678. The third-order valence-electron chi connectivity index (χ3n) is 3.26. The van der Waals surface area contributed by atoms with Gasteiger partial charge in [0, 0.05) is 11.8 Å². The van der Waals surface area contributed by atoms with Crippen LogP contribution in [0.1, 0.15) is 25.7 Å². The Bertz CT molecular complexity index is 250. The van der Waals surface area contributed by atoms with Crippen molar-refractivity contribution in [2.45, 2.75) is 37.3 Å². The number of hydrogen-bond acceptors (Lipinski definition) is 4. The molecule has 5 heteroatoms. The standard InChI is InChI=1S/C11H20N2O2S/c14-10(15)11(4-7-16-8-11)13-6-1-5-12-9-2-3-9/h9,12-13H,1-8H2,(H,14,15). The van der Waals surface area contributed by atoms with Crippen molar-refractivity contribution in [3.63, 3.8) is 0 Å². The highest BCUT2D eigenvalue weighted by atomic mass is 32.2. The van der Waals surface area contributed by atoms with Crippen molar-refractivity contribution in [3.8, 4) is 0 Å². The Morgan fingerprint density at radius 3 is 2.81 bits per heavy atom. The lowest BCUT2D eigenvalue weighted by atomic mass is 9.99. The third-order valence-corrected chi connectivity index (χ3v) is 4.45. The summed E-state index contributed by atoms with van der Waals surface area (Å²) >= 11 is 1.73. The lowest BCUT2D eigenvalue weighted by Crippen LogP contribution is -2.52. The Kier molecular flexibility index (Phi) is 4.10. The quantitative estimate of drug-likeness (QED) is 0.575. The highest BCUT2D eigenvalue weighted by molar-refractivity contribution is 7.99. The van der Waals surface area contributed by atoms with Crippen LogP contribution in [0.3, 0.4) is 0 Å². The Morgan fingerprint density at radius 2 is 2.25 bits per heavy atom. The van der Waals surface area contributed by atoms with Gasteiger partial charge in [0.25, 0.3) is 0 Å². The minimum absolute atomic E-state index is 0.649. The molecule has 0 radical (unpaired) electrons. The minimum Gasteiger partial charge on any atom is -0.480 e. The fourth-order valence-corrected chi connectivity index (χ4v) is 3.31. The van der Waals surface area contributed by atoms with Crippen molar-refractivity contribution in [3.05, 3.63) is 0 Å². The fraction of sp³-hybridized carbons (Fsp3) is 0.909. The molecule has 16 heavy (non-hydrogen) atoms. The number of carboxylic acids is 1. The Morgan fingerprint density at radius 1 is 1.44 bits per heavy atom. The van der Waals surface area contributed by atoms with Gasteiger partial charge in [-0.15, -0.1) is 0 Å². The second-order valence-corrected chi connectivity index (χ2v) is 5.80. The van der Waals surface area contributed by atoms with E-state index in [1.54, 1.807) is 11.8 Å². The summed E-state index contributed by atoms with van der Waals surface area (Å²) in [6.07, 6.45) is 4.38. The topological polar surface area (TPSA) is 61.4 Å². The summed E-state index contributed by atoms with van der Waals surface area (Å²) in [5.74, 6) is 0.977. The molecule has 0 bridgehead atoms. The molecule has 2 aliphatic rings. The maximum absolute atomic E-state index is 11.2. The Hall–Kier alpha value is -0.260. The molecule has 1 heterocycles. The van der Waals surface area contributed by atoms with E-state index in [1.165, 1.54) is 12.8 Å². The number of carboxylic acid groups (broad SMARTS) is 1. The molecule has 4 nitrogen and oxygen atoms in total. The molecule has 0 aromatic heterocycles. The van der Waals surface area contributed by atoms with Crippen LogP contribution >= 0.6 is 11.8 Å². The molecule has 2 fully saturated rings. The maximum atomic E-state index is 11.2. The molecule has 1 unspecified atom stereocenters. The van der Waals surface area contributed by atoms with Gasteiger partial charge in [-0.25, -0.2) is 0 Å². The molecular weight excluding hydrogens is 224 g/mol. The van der Waals surface area contributed by atoms with Gasteiger partial charge in [-0.2, -0.15) is 11.8 Å². The van der Waals surface area contributed by atoms with Crippen LogP contribution < -0.4 is 10.6 Å². The number of aliphatic carboxylic acids is 1. The molecular formula is C11H20N2O2S. The highest BCUT2D eigenvalue weighted by Gasteiger charge is 2.41. The van der Waals surface area contributed by atoms with E-state index in [-0.39, 0.29) is 0 Å². The molecule has 0 amide bonds. The van der Waals surface area contributed by atoms with Crippen molar-refractivity contribution >= 4 is 17.7 Å². The summed E-state index contributed by atoms with van der Waals surface area (Å²) in [5.41, 5.74) is -0.649. The van der Waals surface area contributed by atoms with Crippen molar-refractivity contribution in [2.24, 2.45) is 0 Å². The SMILES string of the molecule is O=C(O)C1(NCCCNC2CC2)CCSC1. The first-order chi connectivity index (χ1) is 7.73. The monoisotopic (exact) mass is 244 g/mol. The smallest absolute Gasteiger partial charge is 0.324 e. The molecule has 1 aliphatic heterocycles. The van der Waals surface area contributed by atoms with Gasteiger partial charge in [0.2, 0.25) is 0 Å². The van der Waals surface area contributed by atoms with Gasteiger partial charge >= 0.3 is 5.97 Å². The molecule has 1 atom stereocenters. The minimum atomic E-state index is -0.687. The van der Waals surface area contributed by atoms with E-state index in [9.17, 15) is 9.90 Å². The van der Waals surface area contributed by atoms with Crippen LogP contribution in [0.4, 0.5) is 0 Å². The molecule has 2 rings (SSSR count). The fourth-order valence-electron chi connectivity index (χ4n) is 1.96. The van der Waals surface area contributed by atoms with Crippen molar-refractivity contribution in [2.75, 3.05) is 24.6 Å². The number of nitrogens with one attached hydrogen (secondary N) is 2. The van der Waals surface area contributed by atoms with E-state index in [4.69, 9.17) is 0 Å². The predicted molar refractivity (Wildman–Crippen MR) is 66.0 cm³/mol. The second kappa shape index (κ2) is 5.38. The van der Waals surface area contributed by atoms with Crippen LogP contribution in [-0.2, 0) is 4.79 Å². The third kappa shape index (κ3) is 3.12. The summed E-state index contributed by atoms with van der Waals surface area (Å²) in [7, 11) is 0. The lowest BCUT2D eigenvalue weighted by Gasteiger charge is -2.24. The zero-order chi connectivity index (χ0) is 11.4. The first-order valence-electron chi connectivity index (χ1n) is 6.02. The van der Waals surface area contributed by atoms with Crippen LogP contribution in [-0.4, -0.2) is 47.3 Å². The van der Waals surface area contributed by atoms with E-state index >= 15 is 0 Å². The van der Waals surface area contributed by atoms with E-state index in [0.29, 0.717) is 5.75 Å². The van der Waals surface area contributed by atoms with Crippen LogP contribution in [0.2, 0.25) is 0 Å². The number of hydrogen-bond donors (Lipinski definition) is 3. The average Bonchev–Trinajstić information content (AvgIpc) is 2.94. The molecule has 0 aromatic rings. The summed E-state index contributed by atoms with van der Waals surface area (Å²) in [5, 5.41) is 15.9. The number of rotatable bonds is 7. The molecule has 1 aliphatic carbocycles. The Balaban J connectivity index is 1.63. The van der Waals surface area contributed by atoms with Crippen LogP contribution in [0.25, 0.3) is 0 Å². The lowest BCUT2D eigenvalue weighted by molar-refractivity contribution is -0.143. The van der Waals surface area contributed by atoms with Gasteiger partial charge < -0.3 is 15.7 Å². The van der Waals surface area contributed by atoms with Crippen LogP contribution in [0.5, 0.6) is 0 Å². The molecule has 0 aromatic carbocycles. The van der Waals surface area contributed by atoms with Gasteiger partial charge in [-0.1, -0.05) is 0 Å².